The van der Waals surface area contributed by atoms with E-state index in [0.717, 1.165) is 6.42 Å². The van der Waals surface area contributed by atoms with E-state index in [1.807, 2.05) is 0 Å². The second-order valence-corrected chi connectivity index (χ2v) is 3.34. The number of amides is 2. The van der Waals surface area contributed by atoms with Crippen LogP contribution in [-0.4, -0.2) is 34.6 Å². The number of nitrogens with zero attached hydrogens (tertiary/aromatic N) is 1. The summed E-state index contributed by atoms with van der Waals surface area (Å²) in [5, 5.41) is 0.261. The first-order valence-electron chi connectivity index (χ1n) is 3.81. The van der Waals surface area contributed by atoms with Crippen LogP contribution < -0.4 is 5.73 Å². The Morgan fingerprint density at radius 2 is 2.15 bits per heavy atom. The number of carbonyl (C=O) groups is 2. The molecule has 0 aromatic carbocycles. The van der Waals surface area contributed by atoms with E-state index in [1.54, 1.807) is 0 Å². The van der Waals surface area contributed by atoms with E-state index >= 15 is 0 Å². The zero-order valence-corrected chi connectivity index (χ0v) is 8.21. The van der Waals surface area contributed by atoms with Crippen molar-refractivity contribution >= 4 is 27.7 Å². The van der Waals surface area contributed by atoms with Crippen LogP contribution in [0.25, 0.3) is 0 Å². The molecule has 4 nitrogen and oxygen atoms in total. The smallest absolute Gasteiger partial charge is 0.240 e. The number of primary amides is 1. The average Bonchev–Trinajstić information content (AvgIpc) is 2.50. The van der Waals surface area contributed by atoms with Crippen LogP contribution in [0.15, 0.2) is 0 Å². The molecule has 0 bridgehead atoms. The largest absolute Gasteiger partial charge is 0.368 e. The Labute approximate surface area is 86.6 Å². The highest BCUT2D eigenvalue weighted by Crippen LogP contribution is 2.17. The predicted molar refractivity (Wildman–Crippen MR) is 54.5 cm³/mol. The van der Waals surface area contributed by atoms with Crippen molar-refractivity contribution < 1.29 is 9.59 Å². The summed E-state index contributed by atoms with van der Waals surface area (Å²) in [6.07, 6.45) is 1.57. The minimum atomic E-state index is -0.401. The summed E-state index contributed by atoms with van der Waals surface area (Å²) in [7, 11) is 0. The van der Waals surface area contributed by atoms with E-state index in [0.29, 0.717) is 13.0 Å². The highest BCUT2D eigenvalue weighted by atomic mass is 79.9. The number of hydrogen-bond donors (Lipinski definition) is 1. The summed E-state index contributed by atoms with van der Waals surface area (Å²) in [6.45, 7) is 0.651. The van der Waals surface area contributed by atoms with Gasteiger partial charge >= 0.3 is 0 Å². The molecule has 1 saturated heterocycles. The Bertz CT molecular complexity index is 208. The van der Waals surface area contributed by atoms with Gasteiger partial charge in [0.2, 0.25) is 11.8 Å². The lowest BCUT2D eigenvalue weighted by molar-refractivity contribution is -0.135. The fourth-order valence-electron chi connectivity index (χ4n) is 1.44. The van der Waals surface area contributed by atoms with Crippen molar-refractivity contribution in [3.8, 4) is 0 Å². The second kappa shape index (κ2) is 5.21. The number of hydrogen-bond acceptors (Lipinski definition) is 2. The van der Waals surface area contributed by atoms with Gasteiger partial charge in [-0.2, -0.15) is 0 Å². The molecule has 1 fully saturated rings. The maximum absolute atomic E-state index is 11.2. The third-order valence-corrected chi connectivity index (χ3v) is 2.50. The predicted octanol–water partition coefficient (Wildman–Crippen LogP) is 0.494. The van der Waals surface area contributed by atoms with Gasteiger partial charge in [-0.1, -0.05) is 23.4 Å². The van der Waals surface area contributed by atoms with Crippen LogP contribution in [0.2, 0.25) is 0 Å². The van der Waals surface area contributed by atoms with E-state index in [2.05, 4.69) is 15.9 Å². The molecular formula is C8H15BrN2O2. The van der Waals surface area contributed by atoms with Gasteiger partial charge in [-0.25, -0.2) is 0 Å². The van der Waals surface area contributed by atoms with Gasteiger partial charge in [-0.3, -0.25) is 9.59 Å². The van der Waals surface area contributed by atoms with Gasteiger partial charge in [-0.05, 0) is 12.8 Å². The first-order chi connectivity index (χ1) is 5.66. The molecule has 13 heavy (non-hydrogen) atoms. The maximum Gasteiger partial charge on any atom is 0.240 e. The molecule has 1 heterocycles. The van der Waals surface area contributed by atoms with Gasteiger partial charge < -0.3 is 10.6 Å². The SMILES string of the molecule is C.NC(=O)C1CCCN1C(=O)CBr. The zero-order valence-electron chi connectivity index (χ0n) is 6.62. The Kier molecular flexibility index (Phi) is 4.98. The Morgan fingerprint density at radius 3 is 2.62 bits per heavy atom. The van der Waals surface area contributed by atoms with E-state index in [-0.39, 0.29) is 24.7 Å². The molecule has 2 N–H and O–H groups in total. The molecule has 0 aromatic heterocycles. The molecule has 1 aliphatic rings. The van der Waals surface area contributed by atoms with Crippen LogP contribution in [-0.2, 0) is 9.59 Å². The topological polar surface area (TPSA) is 63.4 Å². The summed E-state index contributed by atoms with van der Waals surface area (Å²) in [4.78, 5) is 23.6. The fraction of sp³-hybridized carbons (Fsp3) is 0.750. The van der Waals surface area contributed by atoms with E-state index in [1.165, 1.54) is 4.90 Å². The molecule has 0 saturated carbocycles. The van der Waals surface area contributed by atoms with Gasteiger partial charge in [0, 0.05) is 6.54 Å². The summed E-state index contributed by atoms with van der Waals surface area (Å²) in [5.41, 5.74) is 5.13. The van der Waals surface area contributed by atoms with Crippen LogP contribution in [0.4, 0.5) is 0 Å². The fourth-order valence-corrected chi connectivity index (χ4v) is 1.76. The molecule has 1 aliphatic heterocycles. The summed E-state index contributed by atoms with van der Waals surface area (Å²) >= 11 is 3.06. The molecular weight excluding hydrogens is 236 g/mol. The van der Waals surface area contributed by atoms with Crippen molar-refractivity contribution in [3.05, 3.63) is 0 Å². The Balaban J connectivity index is 0.00000144. The first-order valence-corrected chi connectivity index (χ1v) is 4.93. The number of nitrogens with two attached hydrogens (primary N) is 1. The lowest BCUT2D eigenvalue weighted by Gasteiger charge is -2.20. The zero-order chi connectivity index (χ0) is 9.14. The van der Waals surface area contributed by atoms with Gasteiger partial charge in [0.05, 0.1) is 5.33 Å². The third-order valence-electron chi connectivity index (χ3n) is 2.02. The van der Waals surface area contributed by atoms with Gasteiger partial charge in [-0.15, -0.1) is 0 Å². The quantitative estimate of drug-likeness (QED) is 0.726. The van der Waals surface area contributed by atoms with Gasteiger partial charge in [0.15, 0.2) is 0 Å². The van der Waals surface area contributed by atoms with E-state index < -0.39 is 5.91 Å². The van der Waals surface area contributed by atoms with Gasteiger partial charge in [0.1, 0.15) is 6.04 Å². The minimum Gasteiger partial charge on any atom is -0.368 e. The third kappa shape index (κ3) is 2.69. The van der Waals surface area contributed by atoms with Crippen molar-refractivity contribution in [1.82, 2.24) is 4.90 Å². The monoisotopic (exact) mass is 250 g/mol. The molecule has 0 radical (unpaired) electrons. The van der Waals surface area contributed by atoms with Crippen molar-refractivity contribution in [2.45, 2.75) is 26.3 Å². The molecule has 1 atom stereocenters. The van der Waals surface area contributed by atoms with Crippen molar-refractivity contribution in [2.75, 3.05) is 11.9 Å². The number of rotatable bonds is 2. The van der Waals surface area contributed by atoms with Crippen LogP contribution in [0.1, 0.15) is 20.3 Å². The number of likely N-dealkylation sites (tertiary alicyclic amines) is 1. The minimum absolute atomic E-state index is 0. The van der Waals surface area contributed by atoms with E-state index in [4.69, 9.17) is 5.73 Å². The molecule has 5 heteroatoms. The highest BCUT2D eigenvalue weighted by Gasteiger charge is 2.31. The molecule has 1 rings (SSSR count). The molecule has 1 unspecified atom stereocenters. The molecule has 0 aliphatic carbocycles. The van der Waals surface area contributed by atoms with Crippen LogP contribution >= 0.6 is 15.9 Å². The molecule has 0 aromatic rings. The van der Waals surface area contributed by atoms with Gasteiger partial charge in [0.25, 0.3) is 0 Å². The van der Waals surface area contributed by atoms with Crippen LogP contribution in [0, 0.1) is 0 Å². The summed E-state index contributed by atoms with van der Waals surface area (Å²) < 4.78 is 0. The Hall–Kier alpha value is -0.580. The highest BCUT2D eigenvalue weighted by molar-refractivity contribution is 9.09. The molecule has 2 amide bonds. The van der Waals surface area contributed by atoms with E-state index in [9.17, 15) is 9.59 Å². The van der Waals surface area contributed by atoms with Crippen LogP contribution in [0.3, 0.4) is 0 Å². The standard InChI is InChI=1S/C7H11BrN2O2.CH4/c8-4-6(11)10-3-1-2-5(10)7(9)12;/h5H,1-4H2,(H2,9,12);1H4. The second-order valence-electron chi connectivity index (χ2n) is 2.78. The Morgan fingerprint density at radius 1 is 1.54 bits per heavy atom. The maximum atomic E-state index is 11.2. The average molecular weight is 251 g/mol. The van der Waals surface area contributed by atoms with Crippen molar-refractivity contribution in [3.63, 3.8) is 0 Å². The summed E-state index contributed by atoms with van der Waals surface area (Å²) in [5.74, 6) is -0.460. The normalized spacial score (nSPS) is 21.0. The van der Waals surface area contributed by atoms with Crippen molar-refractivity contribution in [1.29, 1.82) is 0 Å². The molecule has 0 spiro atoms. The summed E-state index contributed by atoms with van der Waals surface area (Å²) in [6, 6.07) is -0.380. The lowest BCUT2D eigenvalue weighted by Crippen LogP contribution is -2.44. The number of alkyl halides is 1. The van der Waals surface area contributed by atoms with Crippen molar-refractivity contribution in [2.24, 2.45) is 5.73 Å². The lowest BCUT2D eigenvalue weighted by atomic mass is 10.2. The molecule has 76 valence electrons. The number of carbonyl (C=O) groups excluding carboxylic acids is 2. The number of halogens is 1. The van der Waals surface area contributed by atoms with Crippen LogP contribution in [0.5, 0.6) is 0 Å². The first kappa shape index (κ1) is 12.4.